The van der Waals surface area contributed by atoms with Crippen molar-refractivity contribution in [1.29, 1.82) is 0 Å². The Labute approximate surface area is 125 Å². The Morgan fingerprint density at radius 1 is 1.10 bits per heavy atom. The van der Waals surface area contributed by atoms with E-state index >= 15 is 0 Å². The van der Waals surface area contributed by atoms with E-state index in [2.05, 4.69) is 10.6 Å². The van der Waals surface area contributed by atoms with Gasteiger partial charge in [0, 0.05) is 19.9 Å². The van der Waals surface area contributed by atoms with Crippen LogP contribution in [0.4, 0.5) is 0 Å². The summed E-state index contributed by atoms with van der Waals surface area (Å²) in [6.07, 6.45) is 0.351. The van der Waals surface area contributed by atoms with Gasteiger partial charge in [-0.3, -0.25) is 14.4 Å². The zero-order chi connectivity index (χ0) is 15.8. The molecule has 21 heavy (non-hydrogen) atoms. The summed E-state index contributed by atoms with van der Waals surface area (Å²) in [7, 11) is 0. The molecule has 0 radical (unpaired) electrons. The summed E-state index contributed by atoms with van der Waals surface area (Å²) < 4.78 is 0. The standard InChI is InChI=1S/C16H22N2O3/c1-11(2)10-17-16(21)14(18-15(20)12(3)19)9-13-7-5-4-6-8-13/h4-8,11,14H,9-10H2,1-3H3,(H,17,21)(H,18,20)/t14-/m0/s1. The quantitative estimate of drug-likeness (QED) is 0.738. The number of amides is 2. The molecule has 0 saturated carbocycles. The van der Waals surface area contributed by atoms with Gasteiger partial charge in [0.25, 0.3) is 5.91 Å². The number of hydrogen-bond donors (Lipinski definition) is 2. The molecule has 0 aliphatic carbocycles. The molecule has 0 heterocycles. The summed E-state index contributed by atoms with van der Waals surface area (Å²) in [6.45, 7) is 5.68. The molecule has 0 saturated heterocycles. The summed E-state index contributed by atoms with van der Waals surface area (Å²) in [5, 5.41) is 5.27. The number of carbonyl (C=O) groups is 3. The highest BCUT2D eigenvalue weighted by Crippen LogP contribution is 2.04. The van der Waals surface area contributed by atoms with Gasteiger partial charge in [-0.1, -0.05) is 44.2 Å². The zero-order valence-electron chi connectivity index (χ0n) is 12.7. The van der Waals surface area contributed by atoms with Gasteiger partial charge in [-0.25, -0.2) is 0 Å². The lowest BCUT2D eigenvalue weighted by Crippen LogP contribution is -2.50. The van der Waals surface area contributed by atoms with Gasteiger partial charge in [-0.05, 0) is 11.5 Å². The van der Waals surface area contributed by atoms with Crippen molar-refractivity contribution in [2.45, 2.75) is 33.2 Å². The second kappa shape index (κ2) is 8.19. The maximum atomic E-state index is 12.2. The van der Waals surface area contributed by atoms with Crippen molar-refractivity contribution in [1.82, 2.24) is 10.6 Å². The van der Waals surface area contributed by atoms with Crippen LogP contribution in [0.1, 0.15) is 26.3 Å². The molecule has 0 aromatic heterocycles. The fraction of sp³-hybridized carbons (Fsp3) is 0.438. The Kier molecular flexibility index (Phi) is 6.59. The first kappa shape index (κ1) is 16.9. The predicted octanol–water partition coefficient (Wildman–Crippen LogP) is 1.08. The van der Waals surface area contributed by atoms with E-state index in [9.17, 15) is 14.4 Å². The zero-order valence-corrected chi connectivity index (χ0v) is 12.7. The van der Waals surface area contributed by atoms with Crippen LogP contribution in [0.25, 0.3) is 0 Å². The van der Waals surface area contributed by atoms with E-state index in [1.807, 2.05) is 44.2 Å². The monoisotopic (exact) mass is 290 g/mol. The summed E-state index contributed by atoms with van der Waals surface area (Å²) in [4.78, 5) is 34.8. The van der Waals surface area contributed by atoms with Crippen LogP contribution in [0.2, 0.25) is 0 Å². The van der Waals surface area contributed by atoms with Crippen LogP contribution in [0.3, 0.4) is 0 Å². The molecule has 0 unspecified atom stereocenters. The largest absolute Gasteiger partial charge is 0.354 e. The van der Waals surface area contributed by atoms with Crippen molar-refractivity contribution in [3.63, 3.8) is 0 Å². The number of carbonyl (C=O) groups excluding carboxylic acids is 3. The molecule has 0 spiro atoms. The van der Waals surface area contributed by atoms with E-state index in [1.54, 1.807) is 0 Å². The van der Waals surface area contributed by atoms with E-state index in [1.165, 1.54) is 6.92 Å². The molecular weight excluding hydrogens is 268 g/mol. The second-order valence-corrected chi connectivity index (χ2v) is 5.41. The van der Waals surface area contributed by atoms with Gasteiger partial charge in [-0.2, -0.15) is 0 Å². The Balaban J connectivity index is 2.76. The minimum atomic E-state index is -0.748. The number of benzene rings is 1. The van der Waals surface area contributed by atoms with Crippen molar-refractivity contribution >= 4 is 17.6 Å². The van der Waals surface area contributed by atoms with Crippen LogP contribution in [0, 0.1) is 5.92 Å². The van der Waals surface area contributed by atoms with Crippen molar-refractivity contribution in [3.05, 3.63) is 35.9 Å². The van der Waals surface area contributed by atoms with E-state index in [0.717, 1.165) is 5.56 Å². The number of Topliss-reactive ketones (excluding diaryl/α,β-unsaturated/α-hetero) is 1. The molecule has 0 fully saturated rings. The van der Waals surface area contributed by atoms with Gasteiger partial charge in [0.1, 0.15) is 6.04 Å². The van der Waals surface area contributed by atoms with Crippen LogP contribution in [0.5, 0.6) is 0 Å². The summed E-state index contributed by atoms with van der Waals surface area (Å²) in [5.74, 6) is -1.31. The molecule has 2 amide bonds. The highest BCUT2D eigenvalue weighted by Gasteiger charge is 2.22. The molecular formula is C16H22N2O3. The lowest BCUT2D eigenvalue weighted by atomic mass is 10.0. The molecule has 0 aliphatic rings. The molecule has 5 heteroatoms. The van der Waals surface area contributed by atoms with Crippen molar-refractivity contribution in [3.8, 4) is 0 Å². The first-order valence-corrected chi connectivity index (χ1v) is 7.03. The summed E-state index contributed by atoms with van der Waals surface area (Å²) in [5.41, 5.74) is 0.922. The van der Waals surface area contributed by atoms with Gasteiger partial charge < -0.3 is 10.6 Å². The minimum Gasteiger partial charge on any atom is -0.354 e. The van der Waals surface area contributed by atoms with E-state index in [4.69, 9.17) is 0 Å². The number of rotatable bonds is 7. The van der Waals surface area contributed by atoms with Crippen molar-refractivity contribution in [2.24, 2.45) is 5.92 Å². The van der Waals surface area contributed by atoms with E-state index in [0.29, 0.717) is 18.9 Å². The summed E-state index contributed by atoms with van der Waals surface area (Å²) >= 11 is 0. The van der Waals surface area contributed by atoms with Crippen LogP contribution in [-0.2, 0) is 20.8 Å². The molecule has 1 aromatic carbocycles. The molecule has 1 rings (SSSR count). The second-order valence-electron chi connectivity index (χ2n) is 5.41. The molecule has 114 valence electrons. The van der Waals surface area contributed by atoms with Gasteiger partial charge in [0.2, 0.25) is 11.7 Å². The van der Waals surface area contributed by atoms with E-state index in [-0.39, 0.29) is 5.91 Å². The van der Waals surface area contributed by atoms with E-state index < -0.39 is 17.7 Å². The topological polar surface area (TPSA) is 75.3 Å². The average molecular weight is 290 g/mol. The molecule has 1 aromatic rings. The maximum absolute atomic E-state index is 12.2. The molecule has 2 N–H and O–H groups in total. The van der Waals surface area contributed by atoms with Gasteiger partial charge >= 0.3 is 0 Å². The predicted molar refractivity (Wildman–Crippen MR) is 80.6 cm³/mol. The lowest BCUT2D eigenvalue weighted by molar-refractivity contribution is -0.138. The fourth-order valence-electron chi connectivity index (χ4n) is 1.75. The minimum absolute atomic E-state index is 0.276. The van der Waals surface area contributed by atoms with Crippen molar-refractivity contribution in [2.75, 3.05) is 6.54 Å². The first-order chi connectivity index (χ1) is 9.90. The average Bonchev–Trinajstić information content (AvgIpc) is 2.44. The third-order valence-corrected chi connectivity index (χ3v) is 2.91. The summed E-state index contributed by atoms with van der Waals surface area (Å²) in [6, 6.07) is 8.62. The fourth-order valence-corrected chi connectivity index (χ4v) is 1.75. The third-order valence-electron chi connectivity index (χ3n) is 2.91. The third kappa shape index (κ3) is 6.21. The van der Waals surface area contributed by atoms with Gasteiger partial charge in [0.05, 0.1) is 0 Å². The molecule has 5 nitrogen and oxygen atoms in total. The highest BCUT2D eigenvalue weighted by atomic mass is 16.2. The normalized spacial score (nSPS) is 11.8. The Morgan fingerprint density at radius 2 is 1.71 bits per heavy atom. The number of hydrogen-bond acceptors (Lipinski definition) is 3. The first-order valence-electron chi connectivity index (χ1n) is 7.03. The lowest BCUT2D eigenvalue weighted by Gasteiger charge is -2.18. The Morgan fingerprint density at radius 3 is 2.24 bits per heavy atom. The number of nitrogens with one attached hydrogen (secondary N) is 2. The molecule has 0 aliphatic heterocycles. The SMILES string of the molecule is CC(=O)C(=O)N[C@@H](Cc1ccccc1)C(=O)NCC(C)C. The molecule has 1 atom stereocenters. The van der Waals surface area contributed by atoms with Gasteiger partial charge in [-0.15, -0.1) is 0 Å². The van der Waals surface area contributed by atoms with Crippen LogP contribution in [0.15, 0.2) is 30.3 Å². The smallest absolute Gasteiger partial charge is 0.287 e. The highest BCUT2D eigenvalue weighted by molar-refractivity contribution is 6.35. The Hall–Kier alpha value is -2.17. The van der Waals surface area contributed by atoms with Crippen LogP contribution < -0.4 is 10.6 Å². The van der Waals surface area contributed by atoms with Crippen LogP contribution >= 0.6 is 0 Å². The molecule has 0 bridgehead atoms. The van der Waals surface area contributed by atoms with Crippen molar-refractivity contribution < 1.29 is 14.4 Å². The van der Waals surface area contributed by atoms with Crippen LogP contribution in [-0.4, -0.2) is 30.2 Å². The number of ketones is 1. The maximum Gasteiger partial charge on any atom is 0.287 e. The van der Waals surface area contributed by atoms with Gasteiger partial charge in [0.15, 0.2) is 0 Å². The Bertz CT molecular complexity index is 498.